The Kier molecular flexibility index (Phi) is 14.4. The van der Waals surface area contributed by atoms with Crippen LogP contribution in [-0.2, 0) is 62.2 Å². The molecule has 58 heavy (non-hydrogen) atoms. The first kappa shape index (κ1) is 44.7. The summed E-state index contributed by atoms with van der Waals surface area (Å²) in [6.45, 7) is 14.5. The second-order valence-electron chi connectivity index (χ2n) is 16.4. The van der Waals surface area contributed by atoms with Crippen LogP contribution in [0.15, 0.2) is 91.0 Å². The maximum atomic E-state index is 15.2. The van der Waals surface area contributed by atoms with Gasteiger partial charge in [0, 0.05) is 43.7 Å². The van der Waals surface area contributed by atoms with Crippen molar-refractivity contribution in [1.82, 2.24) is 9.97 Å². The largest absolute Gasteiger partial charge is 0.512 e. The summed E-state index contributed by atoms with van der Waals surface area (Å²) < 4.78 is 45.5. The van der Waals surface area contributed by atoms with E-state index < -0.39 is 11.7 Å². The Hall–Kier alpha value is -4.39. The first-order valence-corrected chi connectivity index (χ1v) is 20.5. The maximum absolute atomic E-state index is 15.2. The third-order valence-corrected chi connectivity index (χ3v) is 11.7. The van der Waals surface area contributed by atoms with Gasteiger partial charge in [0.05, 0.1) is 16.8 Å². The van der Waals surface area contributed by atoms with E-state index in [1.165, 1.54) is 18.0 Å². The number of ketones is 1. The van der Waals surface area contributed by atoms with Crippen LogP contribution in [0, 0.1) is 17.9 Å². The second-order valence-corrected chi connectivity index (χ2v) is 16.4. The van der Waals surface area contributed by atoms with Crippen LogP contribution in [-0.4, -0.2) is 20.9 Å². The first-order chi connectivity index (χ1) is 27.2. The Morgan fingerprint density at radius 2 is 1.34 bits per heavy atom. The molecular formula is C50H54F3IrN2O2-. The topological polar surface area (TPSA) is 63.1 Å². The van der Waals surface area contributed by atoms with Crippen LogP contribution >= 0.6 is 0 Å². The molecule has 1 radical (unpaired) electrons. The van der Waals surface area contributed by atoms with Gasteiger partial charge in [0.2, 0.25) is 0 Å². The molecule has 0 amide bonds. The summed E-state index contributed by atoms with van der Waals surface area (Å²) in [6, 6.07) is 27.8. The normalized spacial score (nSPS) is 13.4. The monoisotopic (exact) mass is 964 g/mol. The van der Waals surface area contributed by atoms with Crippen molar-refractivity contribution in [2.75, 3.05) is 0 Å². The summed E-state index contributed by atoms with van der Waals surface area (Å²) in [6.07, 6.45) is 4.14. The number of hydrogen-bond donors (Lipinski definition) is 1. The molecule has 0 aliphatic heterocycles. The molecule has 0 unspecified atom stereocenters. The molecule has 4 nitrogen and oxygen atoms in total. The number of aliphatic hydroxyl groups is 1. The number of aryl methyl sites for hydroxylation is 4. The first-order valence-electron chi connectivity index (χ1n) is 20.5. The molecule has 0 saturated heterocycles. The van der Waals surface area contributed by atoms with Gasteiger partial charge in [-0.1, -0.05) is 114 Å². The number of carbonyl (C=O) groups excluding carboxylic acids is 1. The molecule has 1 heterocycles. The smallest absolute Gasteiger partial charge is 0.419 e. The molecule has 0 atom stereocenters. The molecule has 0 saturated carbocycles. The molecule has 1 N–H and O–H groups in total. The molecule has 4 aliphatic carbocycles. The fourth-order valence-corrected chi connectivity index (χ4v) is 8.27. The number of fused-ring (bicyclic) bond motifs is 2. The summed E-state index contributed by atoms with van der Waals surface area (Å²) in [5, 5.41) is 13.1. The molecule has 4 aliphatic rings. The number of hydrogen-bond acceptors (Lipinski definition) is 4. The predicted molar refractivity (Wildman–Crippen MR) is 228 cm³/mol. The molecule has 307 valence electrons. The van der Waals surface area contributed by atoms with Gasteiger partial charge in [-0.2, -0.15) is 13.2 Å². The molecule has 4 bridgehead atoms. The number of nitrogens with zero attached hydrogens (tertiary/aromatic N) is 2. The average molecular weight is 964 g/mol. The third kappa shape index (κ3) is 9.56. The molecule has 10 rings (SSSR count). The SMILES string of the molecule is CC(C)(C)c1cc(-c2ncnc3c(C(F)(F)F)c4c5ccc(c4cc23)CCc2ccc(cc2)CC5)[c-]c2ccccc12.CCC(CC)C(=O)/C=C(\O)C(CC)CC.[Ir]. The van der Waals surface area contributed by atoms with Crippen molar-refractivity contribution >= 4 is 38.2 Å². The van der Waals surface area contributed by atoms with Gasteiger partial charge >= 0.3 is 6.18 Å². The van der Waals surface area contributed by atoms with Crippen LogP contribution in [0.25, 0.3) is 43.7 Å². The summed E-state index contributed by atoms with van der Waals surface area (Å²) >= 11 is 0. The van der Waals surface area contributed by atoms with Crippen LogP contribution in [0.5, 0.6) is 0 Å². The Morgan fingerprint density at radius 3 is 1.93 bits per heavy atom. The average Bonchev–Trinajstić information content (AvgIpc) is 3.17. The van der Waals surface area contributed by atoms with Crippen molar-refractivity contribution in [2.45, 2.75) is 111 Å². The number of aliphatic hydroxyl groups excluding tert-OH is 1. The number of rotatable bonds is 8. The van der Waals surface area contributed by atoms with Crippen molar-refractivity contribution in [3.8, 4) is 11.3 Å². The molecule has 0 spiro atoms. The summed E-state index contributed by atoms with van der Waals surface area (Å²) in [5.74, 6) is 0.547. The van der Waals surface area contributed by atoms with E-state index in [-0.39, 0.29) is 59.8 Å². The minimum absolute atomic E-state index is 0. The Balaban J connectivity index is 0.000000344. The number of benzene rings is 5. The summed E-state index contributed by atoms with van der Waals surface area (Å²) in [7, 11) is 0. The molecular weight excluding hydrogens is 910 g/mol. The van der Waals surface area contributed by atoms with E-state index in [0.29, 0.717) is 46.9 Å². The van der Waals surface area contributed by atoms with Gasteiger partial charge in [-0.3, -0.25) is 9.78 Å². The van der Waals surface area contributed by atoms with Crippen molar-refractivity contribution in [1.29, 1.82) is 0 Å². The van der Waals surface area contributed by atoms with Crippen LogP contribution in [0.2, 0.25) is 0 Å². The third-order valence-electron chi connectivity index (χ3n) is 11.7. The van der Waals surface area contributed by atoms with Gasteiger partial charge in [0.1, 0.15) is 6.33 Å². The molecule has 0 fully saturated rings. The van der Waals surface area contributed by atoms with Gasteiger partial charge in [-0.05, 0) is 101 Å². The molecule has 5 aromatic carbocycles. The fraction of sp³-hybridized carbons (Fsp3) is 0.380. The van der Waals surface area contributed by atoms with Crippen molar-refractivity contribution in [3.05, 3.63) is 130 Å². The van der Waals surface area contributed by atoms with E-state index in [0.717, 1.165) is 59.6 Å². The number of carbonyl (C=O) groups is 1. The predicted octanol–water partition coefficient (Wildman–Crippen LogP) is 13.5. The Morgan fingerprint density at radius 1 is 0.759 bits per heavy atom. The van der Waals surface area contributed by atoms with Gasteiger partial charge in [0.15, 0.2) is 5.78 Å². The minimum atomic E-state index is -4.60. The van der Waals surface area contributed by atoms with Crippen LogP contribution in [0.4, 0.5) is 13.2 Å². The number of allylic oxidation sites excluding steroid dienone is 2. The zero-order chi connectivity index (χ0) is 41.1. The fourth-order valence-electron chi connectivity index (χ4n) is 8.27. The number of halogens is 3. The summed E-state index contributed by atoms with van der Waals surface area (Å²) in [4.78, 5) is 20.6. The summed E-state index contributed by atoms with van der Waals surface area (Å²) in [5.41, 5.74) is 5.21. The van der Waals surface area contributed by atoms with Crippen molar-refractivity contribution in [3.63, 3.8) is 0 Å². The van der Waals surface area contributed by atoms with E-state index in [1.54, 1.807) is 0 Å². The zero-order valence-corrected chi connectivity index (χ0v) is 37.0. The standard InChI is InChI=1S/C37H30F3N2.C13H24O2.Ir/c1-36(2,3)31-19-27(18-26-6-4-5-7-28(26)31)34-30-20-29-24-14-12-22-8-10-23(11-9-22)13-15-25(17-16-24)32(29)33(37(38,39)40)35(30)42-21-41-34;1-5-10(6-2)12(14)9-13(15)11(7-3)8-4;/h4-11,16-17,19-21H,12-15H2,1-3H3;9-11,14H,5-8H2,1-4H3;/q-1;;/b;12-9-;. The minimum Gasteiger partial charge on any atom is -0.512 e. The molecule has 1 aromatic heterocycles. The van der Waals surface area contributed by atoms with Gasteiger partial charge < -0.3 is 5.11 Å². The second kappa shape index (κ2) is 18.7. The van der Waals surface area contributed by atoms with E-state index in [9.17, 15) is 9.90 Å². The van der Waals surface area contributed by atoms with Crippen LogP contribution in [0.1, 0.15) is 108 Å². The van der Waals surface area contributed by atoms with Crippen molar-refractivity contribution in [2.24, 2.45) is 11.8 Å². The van der Waals surface area contributed by atoms with Gasteiger partial charge in [0.25, 0.3) is 0 Å². The van der Waals surface area contributed by atoms with E-state index in [2.05, 4.69) is 67.1 Å². The Bertz CT molecular complexity index is 2420. The molecule has 6 aromatic rings. The zero-order valence-electron chi connectivity index (χ0n) is 34.6. The quantitative estimate of drug-likeness (QED) is 0.0714. The number of alkyl halides is 3. The van der Waals surface area contributed by atoms with Crippen LogP contribution < -0.4 is 0 Å². The van der Waals surface area contributed by atoms with Crippen LogP contribution in [0.3, 0.4) is 0 Å². The maximum Gasteiger partial charge on any atom is 0.419 e. The Labute approximate surface area is 354 Å². The number of aromatic nitrogens is 2. The van der Waals surface area contributed by atoms with Gasteiger partial charge in [-0.25, -0.2) is 4.98 Å². The van der Waals surface area contributed by atoms with E-state index in [4.69, 9.17) is 0 Å². The van der Waals surface area contributed by atoms with Gasteiger partial charge in [-0.15, -0.1) is 29.1 Å². The molecule has 8 heteroatoms. The van der Waals surface area contributed by atoms with E-state index >= 15 is 13.2 Å². The van der Waals surface area contributed by atoms with Crippen molar-refractivity contribution < 1.29 is 43.2 Å². The van der Waals surface area contributed by atoms with E-state index in [1.807, 2.05) is 70.2 Å².